The van der Waals surface area contributed by atoms with E-state index in [0.29, 0.717) is 0 Å². The molecule has 0 saturated carbocycles. The molecule has 0 aliphatic heterocycles. The van der Waals surface area contributed by atoms with E-state index in [0.717, 1.165) is 12.2 Å². The molecule has 0 fully saturated rings. The van der Waals surface area contributed by atoms with E-state index in [1.54, 1.807) is 29.9 Å². The first-order valence-electron chi connectivity index (χ1n) is 6.23. The largest absolute Gasteiger partial charge is 0.380 e. The highest BCUT2D eigenvalue weighted by Crippen LogP contribution is 2.13. The molecule has 0 aliphatic rings. The highest BCUT2D eigenvalue weighted by atomic mass is 16.1. The van der Waals surface area contributed by atoms with E-state index in [2.05, 4.69) is 34.5 Å². The molecular weight excluding hydrogens is 238 g/mol. The average molecular weight is 257 g/mol. The van der Waals surface area contributed by atoms with Crippen molar-refractivity contribution in [2.24, 2.45) is 7.05 Å². The van der Waals surface area contributed by atoms with E-state index in [-0.39, 0.29) is 5.56 Å². The molecule has 0 bridgehead atoms. The zero-order valence-corrected chi connectivity index (χ0v) is 11.6. The summed E-state index contributed by atoms with van der Waals surface area (Å²) in [5, 5.41) is 3.30. The van der Waals surface area contributed by atoms with Crippen molar-refractivity contribution in [3.8, 4) is 0 Å². The predicted octanol–water partition coefficient (Wildman–Crippen LogP) is 2.06. The Morgan fingerprint density at radius 2 is 1.79 bits per heavy atom. The summed E-state index contributed by atoms with van der Waals surface area (Å²) in [5.41, 5.74) is 3.34. The summed E-state index contributed by atoms with van der Waals surface area (Å²) in [6.45, 7) is 0.742. The van der Waals surface area contributed by atoms with Crippen molar-refractivity contribution in [1.82, 2.24) is 4.57 Å². The highest BCUT2D eigenvalue weighted by Gasteiger charge is 1.98. The van der Waals surface area contributed by atoms with Gasteiger partial charge in [-0.05, 0) is 23.8 Å². The molecular formula is C15H19N3O. The molecule has 4 nitrogen and oxygen atoms in total. The van der Waals surface area contributed by atoms with Crippen molar-refractivity contribution < 1.29 is 0 Å². The number of nitrogens with zero attached hydrogens (tertiary/aromatic N) is 2. The number of benzene rings is 1. The molecule has 0 saturated heterocycles. The zero-order chi connectivity index (χ0) is 13.8. The maximum atomic E-state index is 11.3. The number of rotatable bonds is 4. The lowest BCUT2D eigenvalue weighted by molar-refractivity contribution is 0.859. The first-order valence-corrected chi connectivity index (χ1v) is 6.23. The molecule has 100 valence electrons. The maximum absolute atomic E-state index is 11.3. The van der Waals surface area contributed by atoms with Gasteiger partial charge in [0.2, 0.25) is 5.56 Å². The standard InChI is InChI=1S/C15H19N3O/c1-17(2)14-7-4-12(5-8-14)10-16-13-6-9-15(19)18(3)11-13/h4-9,11,16H,10H2,1-3H3. The van der Waals surface area contributed by atoms with Crippen LogP contribution in [0, 0.1) is 0 Å². The van der Waals surface area contributed by atoms with Crippen LogP contribution in [0.1, 0.15) is 5.56 Å². The van der Waals surface area contributed by atoms with Crippen LogP contribution in [-0.2, 0) is 13.6 Å². The Kier molecular flexibility index (Phi) is 3.90. The Morgan fingerprint density at radius 1 is 1.11 bits per heavy atom. The van der Waals surface area contributed by atoms with Gasteiger partial charge < -0.3 is 14.8 Å². The molecule has 4 heteroatoms. The van der Waals surface area contributed by atoms with E-state index < -0.39 is 0 Å². The topological polar surface area (TPSA) is 37.3 Å². The van der Waals surface area contributed by atoms with Gasteiger partial charge >= 0.3 is 0 Å². The van der Waals surface area contributed by atoms with Gasteiger partial charge in [0.25, 0.3) is 0 Å². The summed E-state index contributed by atoms with van der Waals surface area (Å²) >= 11 is 0. The van der Waals surface area contributed by atoms with Crippen molar-refractivity contribution >= 4 is 11.4 Å². The molecule has 1 N–H and O–H groups in total. The van der Waals surface area contributed by atoms with E-state index in [1.807, 2.05) is 14.1 Å². The van der Waals surface area contributed by atoms with Gasteiger partial charge in [-0.1, -0.05) is 12.1 Å². The Bertz CT molecular complexity index is 600. The van der Waals surface area contributed by atoms with Gasteiger partial charge in [-0.25, -0.2) is 0 Å². The summed E-state index contributed by atoms with van der Waals surface area (Å²) in [4.78, 5) is 13.4. The minimum absolute atomic E-state index is 0.000820. The Hall–Kier alpha value is -2.23. The van der Waals surface area contributed by atoms with E-state index in [1.165, 1.54) is 11.3 Å². The number of aromatic nitrogens is 1. The molecule has 0 radical (unpaired) electrons. The van der Waals surface area contributed by atoms with Gasteiger partial charge in [-0.2, -0.15) is 0 Å². The number of hydrogen-bond donors (Lipinski definition) is 1. The average Bonchev–Trinajstić information content (AvgIpc) is 2.40. The predicted molar refractivity (Wildman–Crippen MR) is 79.8 cm³/mol. The van der Waals surface area contributed by atoms with Crippen LogP contribution in [0.25, 0.3) is 0 Å². The highest BCUT2D eigenvalue weighted by molar-refractivity contribution is 5.47. The summed E-state index contributed by atoms with van der Waals surface area (Å²) in [6, 6.07) is 11.8. The number of hydrogen-bond acceptors (Lipinski definition) is 3. The Balaban J connectivity index is 2.02. The lowest BCUT2D eigenvalue weighted by Crippen LogP contribution is -2.15. The Morgan fingerprint density at radius 3 is 2.37 bits per heavy atom. The summed E-state index contributed by atoms with van der Waals surface area (Å²) in [7, 11) is 5.80. The third-order valence-electron chi connectivity index (χ3n) is 3.04. The quantitative estimate of drug-likeness (QED) is 0.911. The molecule has 0 amide bonds. The molecule has 0 aliphatic carbocycles. The summed E-state index contributed by atoms with van der Waals surface area (Å²) in [6.07, 6.45) is 1.80. The lowest BCUT2D eigenvalue weighted by Gasteiger charge is -2.13. The minimum Gasteiger partial charge on any atom is -0.380 e. The third kappa shape index (κ3) is 3.37. The van der Waals surface area contributed by atoms with Crippen LogP contribution in [0.5, 0.6) is 0 Å². The summed E-state index contributed by atoms with van der Waals surface area (Å²) in [5.74, 6) is 0. The van der Waals surface area contributed by atoms with Crippen molar-refractivity contribution in [2.45, 2.75) is 6.54 Å². The first-order chi connectivity index (χ1) is 9.06. The van der Waals surface area contributed by atoms with Crippen LogP contribution < -0.4 is 15.8 Å². The number of anilines is 2. The van der Waals surface area contributed by atoms with Gasteiger partial charge in [0.1, 0.15) is 0 Å². The monoisotopic (exact) mass is 257 g/mol. The van der Waals surface area contributed by atoms with Crippen molar-refractivity contribution in [3.63, 3.8) is 0 Å². The molecule has 2 rings (SSSR count). The van der Waals surface area contributed by atoms with E-state index in [4.69, 9.17) is 0 Å². The van der Waals surface area contributed by atoms with Crippen LogP contribution in [0.3, 0.4) is 0 Å². The second kappa shape index (κ2) is 5.61. The second-order valence-electron chi connectivity index (χ2n) is 4.78. The van der Waals surface area contributed by atoms with Crippen molar-refractivity contribution in [2.75, 3.05) is 24.3 Å². The fourth-order valence-corrected chi connectivity index (χ4v) is 1.81. The van der Waals surface area contributed by atoms with E-state index in [9.17, 15) is 4.79 Å². The number of pyridine rings is 1. The number of nitrogens with one attached hydrogen (secondary N) is 1. The van der Waals surface area contributed by atoms with Crippen molar-refractivity contribution in [3.05, 3.63) is 58.5 Å². The van der Waals surface area contributed by atoms with Gasteiger partial charge in [0.05, 0.1) is 5.69 Å². The SMILES string of the molecule is CN(C)c1ccc(CNc2ccc(=O)n(C)c2)cc1. The summed E-state index contributed by atoms with van der Waals surface area (Å²) < 4.78 is 1.57. The minimum atomic E-state index is 0.000820. The maximum Gasteiger partial charge on any atom is 0.250 e. The van der Waals surface area contributed by atoms with Gasteiger partial charge in [-0.3, -0.25) is 4.79 Å². The second-order valence-corrected chi connectivity index (χ2v) is 4.78. The molecule has 0 atom stereocenters. The molecule has 2 aromatic rings. The van der Waals surface area contributed by atoms with E-state index >= 15 is 0 Å². The Labute approximate surface area is 113 Å². The number of aryl methyl sites for hydroxylation is 1. The molecule has 1 aromatic carbocycles. The van der Waals surface area contributed by atoms with Crippen LogP contribution in [-0.4, -0.2) is 18.7 Å². The normalized spacial score (nSPS) is 10.3. The first kappa shape index (κ1) is 13.2. The van der Waals surface area contributed by atoms with Crippen LogP contribution in [0.2, 0.25) is 0 Å². The molecule has 19 heavy (non-hydrogen) atoms. The molecule has 1 heterocycles. The van der Waals surface area contributed by atoms with Crippen LogP contribution >= 0.6 is 0 Å². The molecule has 0 spiro atoms. The fraction of sp³-hybridized carbons (Fsp3) is 0.267. The lowest BCUT2D eigenvalue weighted by atomic mass is 10.2. The smallest absolute Gasteiger partial charge is 0.250 e. The zero-order valence-electron chi connectivity index (χ0n) is 11.6. The third-order valence-corrected chi connectivity index (χ3v) is 3.04. The molecule has 0 unspecified atom stereocenters. The van der Waals surface area contributed by atoms with Gasteiger partial charge in [0, 0.05) is 45.6 Å². The van der Waals surface area contributed by atoms with Gasteiger partial charge in [-0.15, -0.1) is 0 Å². The van der Waals surface area contributed by atoms with Crippen LogP contribution in [0.15, 0.2) is 47.4 Å². The molecule has 1 aromatic heterocycles. The van der Waals surface area contributed by atoms with Crippen molar-refractivity contribution in [1.29, 1.82) is 0 Å². The van der Waals surface area contributed by atoms with Gasteiger partial charge in [0.15, 0.2) is 0 Å². The van der Waals surface area contributed by atoms with Crippen LogP contribution in [0.4, 0.5) is 11.4 Å². The fourth-order valence-electron chi connectivity index (χ4n) is 1.81.